The van der Waals surface area contributed by atoms with Crippen LogP contribution in [0, 0.1) is 0 Å². The molecule has 0 amide bonds. The standard InChI is InChI=1S/C4H5N3O2/c5-4-1-2-6-7(4)9-3-8/h1-3H,5H2. The second-order valence-corrected chi connectivity index (χ2v) is 1.33. The Kier molecular flexibility index (Phi) is 1.35. The quantitative estimate of drug-likeness (QED) is 0.520. The third-order valence-electron chi connectivity index (χ3n) is 0.781. The van der Waals surface area contributed by atoms with E-state index in [1.54, 1.807) is 0 Å². The van der Waals surface area contributed by atoms with Crippen LogP contribution in [0.4, 0.5) is 5.82 Å². The van der Waals surface area contributed by atoms with Crippen LogP contribution in [0.25, 0.3) is 0 Å². The van der Waals surface area contributed by atoms with Crippen LogP contribution in [0.3, 0.4) is 0 Å². The molecule has 2 N–H and O–H groups in total. The topological polar surface area (TPSA) is 70.1 Å². The third-order valence-corrected chi connectivity index (χ3v) is 0.781. The van der Waals surface area contributed by atoms with Crippen molar-refractivity contribution >= 4 is 12.3 Å². The zero-order chi connectivity index (χ0) is 6.69. The average molecular weight is 127 g/mol. The Hall–Kier alpha value is -1.52. The molecule has 0 atom stereocenters. The lowest BCUT2D eigenvalue weighted by atomic mass is 10.7. The predicted octanol–water partition coefficient (Wildman–Crippen LogP) is -0.950. The van der Waals surface area contributed by atoms with Crippen molar-refractivity contribution in [2.75, 3.05) is 5.73 Å². The van der Waals surface area contributed by atoms with E-state index in [-0.39, 0.29) is 6.47 Å². The molecule has 0 saturated carbocycles. The van der Waals surface area contributed by atoms with E-state index < -0.39 is 0 Å². The maximum absolute atomic E-state index is 9.69. The van der Waals surface area contributed by atoms with Crippen molar-refractivity contribution in [3.8, 4) is 0 Å². The smallest absolute Gasteiger partial charge is 0.323 e. The van der Waals surface area contributed by atoms with Gasteiger partial charge in [0.25, 0.3) is 0 Å². The maximum atomic E-state index is 9.69. The van der Waals surface area contributed by atoms with Crippen LogP contribution in [0.1, 0.15) is 0 Å². The van der Waals surface area contributed by atoms with Crippen LogP contribution in [-0.4, -0.2) is 16.4 Å². The van der Waals surface area contributed by atoms with Gasteiger partial charge in [-0.25, -0.2) is 0 Å². The van der Waals surface area contributed by atoms with Crippen LogP contribution in [0.15, 0.2) is 12.3 Å². The summed E-state index contributed by atoms with van der Waals surface area (Å²) in [6.07, 6.45) is 1.43. The summed E-state index contributed by atoms with van der Waals surface area (Å²) < 4.78 is 0. The molecule has 0 aliphatic heterocycles. The number of anilines is 1. The Bertz CT molecular complexity index is 207. The number of rotatable bonds is 2. The van der Waals surface area contributed by atoms with Gasteiger partial charge in [0.15, 0.2) is 5.82 Å². The minimum Gasteiger partial charge on any atom is -0.381 e. The molecular weight excluding hydrogens is 122 g/mol. The summed E-state index contributed by atoms with van der Waals surface area (Å²) in [5.41, 5.74) is 5.24. The van der Waals surface area contributed by atoms with Crippen molar-refractivity contribution in [3.63, 3.8) is 0 Å². The number of nitrogen functional groups attached to an aromatic ring is 1. The summed E-state index contributed by atoms with van der Waals surface area (Å²) in [6.45, 7) is 0.253. The van der Waals surface area contributed by atoms with E-state index in [9.17, 15) is 4.79 Å². The molecule has 0 aliphatic rings. The van der Waals surface area contributed by atoms with E-state index >= 15 is 0 Å². The molecule has 0 radical (unpaired) electrons. The first-order chi connectivity index (χ1) is 4.34. The number of aromatic nitrogens is 2. The summed E-state index contributed by atoms with van der Waals surface area (Å²) in [5.74, 6) is 0.294. The SMILES string of the molecule is Nc1ccnn1OC=O. The van der Waals surface area contributed by atoms with E-state index in [4.69, 9.17) is 5.73 Å². The number of nitrogens with two attached hydrogens (primary N) is 1. The van der Waals surface area contributed by atoms with E-state index in [1.165, 1.54) is 12.3 Å². The van der Waals surface area contributed by atoms with Gasteiger partial charge in [0.1, 0.15) is 0 Å². The van der Waals surface area contributed by atoms with Crippen LogP contribution in [-0.2, 0) is 4.79 Å². The Balaban J connectivity index is 2.80. The Morgan fingerprint density at radius 1 is 1.89 bits per heavy atom. The Morgan fingerprint density at radius 3 is 3.11 bits per heavy atom. The van der Waals surface area contributed by atoms with Crippen molar-refractivity contribution in [1.82, 2.24) is 9.94 Å². The van der Waals surface area contributed by atoms with Crippen molar-refractivity contribution < 1.29 is 9.63 Å². The molecule has 1 aromatic rings. The molecule has 48 valence electrons. The molecule has 9 heavy (non-hydrogen) atoms. The van der Waals surface area contributed by atoms with E-state index in [0.717, 1.165) is 4.85 Å². The minimum absolute atomic E-state index is 0.253. The maximum Gasteiger partial charge on any atom is 0.323 e. The van der Waals surface area contributed by atoms with Gasteiger partial charge >= 0.3 is 6.47 Å². The number of carbonyl (C=O) groups is 1. The monoisotopic (exact) mass is 127 g/mol. The predicted molar refractivity (Wildman–Crippen MR) is 29.3 cm³/mol. The third kappa shape index (κ3) is 0.987. The molecule has 0 spiro atoms. The van der Waals surface area contributed by atoms with Gasteiger partial charge < -0.3 is 10.6 Å². The molecule has 5 heteroatoms. The van der Waals surface area contributed by atoms with Crippen molar-refractivity contribution in [1.29, 1.82) is 0 Å². The molecule has 0 saturated heterocycles. The summed E-state index contributed by atoms with van der Waals surface area (Å²) in [4.78, 5) is 14.9. The molecule has 1 heterocycles. The van der Waals surface area contributed by atoms with Gasteiger partial charge in [0, 0.05) is 6.07 Å². The summed E-state index contributed by atoms with van der Waals surface area (Å²) in [7, 11) is 0. The summed E-state index contributed by atoms with van der Waals surface area (Å²) >= 11 is 0. The molecule has 1 rings (SSSR count). The second kappa shape index (κ2) is 2.17. The van der Waals surface area contributed by atoms with Gasteiger partial charge in [-0.3, -0.25) is 4.79 Å². The van der Waals surface area contributed by atoms with Crippen molar-refractivity contribution in [2.24, 2.45) is 0 Å². The molecule has 0 unspecified atom stereocenters. The lowest BCUT2D eigenvalue weighted by Crippen LogP contribution is -2.13. The van der Waals surface area contributed by atoms with E-state index in [0.29, 0.717) is 5.82 Å². The fourth-order valence-corrected chi connectivity index (χ4v) is 0.430. The van der Waals surface area contributed by atoms with Gasteiger partial charge in [-0.2, -0.15) is 0 Å². The molecule has 0 fully saturated rings. The zero-order valence-corrected chi connectivity index (χ0v) is 4.52. The number of hydrogen-bond acceptors (Lipinski definition) is 4. The fraction of sp³-hybridized carbons (Fsp3) is 0. The number of nitrogens with zero attached hydrogens (tertiary/aromatic N) is 2. The molecular formula is C4H5N3O2. The first-order valence-corrected chi connectivity index (χ1v) is 2.25. The van der Waals surface area contributed by atoms with Crippen LogP contribution < -0.4 is 10.6 Å². The van der Waals surface area contributed by atoms with Gasteiger partial charge in [-0.05, 0) is 0 Å². The first-order valence-electron chi connectivity index (χ1n) is 2.25. The molecule has 5 nitrogen and oxygen atoms in total. The van der Waals surface area contributed by atoms with Crippen LogP contribution in [0.5, 0.6) is 0 Å². The van der Waals surface area contributed by atoms with Gasteiger partial charge in [0.2, 0.25) is 0 Å². The molecule has 1 aromatic heterocycles. The first kappa shape index (κ1) is 5.61. The minimum atomic E-state index is 0.253. The van der Waals surface area contributed by atoms with Crippen LogP contribution in [0.2, 0.25) is 0 Å². The van der Waals surface area contributed by atoms with Gasteiger partial charge in [-0.15, -0.1) is 5.10 Å². The second-order valence-electron chi connectivity index (χ2n) is 1.33. The number of hydrogen-bond donors (Lipinski definition) is 1. The van der Waals surface area contributed by atoms with Gasteiger partial charge in [-0.1, -0.05) is 4.85 Å². The lowest BCUT2D eigenvalue weighted by Gasteiger charge is -1.94. The lowest BCUT2D eigenvalue weighted by molar-refractivity contribution is -0.130. The van der Waals surface area contributed by atoms with Crippen molar-refractivity contribution in [2.45, 2.75) is 0 Å². The fourth-order valence-electron chi connectivity index (χ4n) is 0.430. The molecule has 0 aromatic carbocycles. The van der Waals surface area contributed by atoms with Crippen LogP contribution >= 0.6 is 0 Å². The average Bonchev–Trinajstić information content (AvgIpc) is 2.18. The molecule has 0 aliphatic carbocycles. The highest BCUT2D eigenvalue weighted by Crippen LogP contribution is 1.94. The van der Waals surface area contributed by atoms with E-state index in [1.807, 2.05) is 0 Å². The Labute approximate surface area is 51.0 Å². The largest absolute Gasteiger partial charge is 0.381 e. The zero-order valence-electron chi connectivity index (χ0n) is 4.52. The highest BCUT2D eigenvalue weighted by atomic mass is 16.7. The Morgan fingerprint density at radius 2 is 2.67 bits per heavy atom. The highest BCUT2D eigenvalue weighted by Gasteiger charge is 1.93. The van der Waals surface area contributed by atoms with E-state index in [2.05, 4.69) is 9.94 Å². The number of carbonyl (C=O) groups excluding carboxylic acids is 1. The normalized spacial score (nSPS) is 8.89. The highest BCUT2D eigenvalue weighted by molar-refractivity contribution is 5.38. The molecule has 0 bridgehead atoms. The summed E-state index contributed by atoms with van der Waals surface area (Å²) in [5, 5.41) is 3.54. The van der Waals surface area contributed by atoms with Crippen molar-refractivity contribution in [3.05, 3.63) is 12.3 Å². The van der Waals surface area contributed by atoms with Gasteiger partial charge in [0.05, 0.1) is 6.20 Å². The summed E-state index contributed by atoms with van der Waals surface area (Å²) in [6, 6.07) is 1.52.